The second-order valence-electron chi connectivity index (χ2n) is 2.33. The van der Waals surface area contributed by atoms with Crippen LogP contribution in [0.25, 0.3) is 0 Å². The molecule has 0 saturated heterocycles. The molecule has 1 heteroatoms. The van der Waals surface area contributed by atoms with E-state index in [1.807, 2.05) is 6.08 Å². The standard InChI is InChI=1S/C7H13O/c1-6(2)4-5-7(3)8/h4-7H,1-3H3. The van der Waals surface area contributed by atoms with Gasteiger partial charge in [0.1, 0.15) is 6.10 Å². The average Bonchev–Trinajstić information content (AvgIpc) is 1.61. The average molecular weight is 113 g/mol. The minimum absolute atomic E-state index is 0.506. The van der Waals surface area contributed by atoms with Gasteiger partial charge in [-0.25, -0.2) is 5.11 Å². The second kappa shape index (κ2) is 3.67. The Morgan fingerprint density at radius 3 is 1.75 bits per heavy atom. The first-order valence-electron chi connectivity index (χ1n) is 2.97. The summed E-state index contributed by atoms with van der Waals surface area (Å²) in [7, 11) is 0. The Morgan fingerprint density at radius 1 is 1.12 bits per heavy atom. The molecule has 0 bridgehead atoms. The Hall–Kier alpha value is -0.300. The molecule has 1 unspecified atom stereocenters. The van der Waals surface area contributed by atoms with Gasteiger partial charge in [0.25, 0.3) is 0 Å². The van der Waals surface area contributed by atoms with Crippen LogP contribution in [0.5, 0.6) is 0 Å². The molecular formula is C7H13O. The largest absolute Gasteiger partial charge is 0.229 e. The molecule has 0 spiro atoms. The molecule has 0 saturated carbocycles. The van der Waals surface area contributed by atoms with E-state index in [0.717, 1.165) is 0 Å². The molecule has 0 aliphatic rings. The van der Waals surface area contributed by atoms with Crippen LogP contribution in [-0.4, -0.2) is 6.10 Å². The Morgan fingerprint density at radius 2 is 1.62 bits per heavy atom. The van der Waals surface area contributed by atoms with Gasteiger partial charge in [0, 0.05) is 0 Å². The summed E-state index contributed by atoms with van der Waals surface area (Å²) in [6, 6.07) is 0. The third-order valence-electron chi connectivity index (χ3n) is 0.767. The summed E-state index contributed by atoms with van der Waals surface area (Å²) in [5.41, 5.74) is 0. The third-order valence-corrected chi connectivity index (χ3v) is 0.767. The third kappa shape index (κ3) is 5.70. The fourth-order valence-corrected chi connectivity index (χ4v) is 0.379. The van der Waals surface area contributed by atoms with Crippen molar-refractivity contribution >= 4 is 0 Å². The van der Waals surface area contributed by atoms with E-state index in [2.05, 4.69) is 13.8 Å². The first-order valence-corrected chi connectivity index (χ1v) is 2.97. The molecule has 0 aliphatic carbocycles. The van der Waals surface area contributed by atoms with Crippen molar-refractivity contribution in [3.05, 3.63) is 12.2 Å². The van der Waals surface area contributed by atoms with Crippen LogP contribution in [0.4, 0.5) is 0 Å². The topological polar surface area (TPSA) is 19.9 Å². The van der Waals surface area contributed by atoms with E-state index in [1.165, 1.54) is 0 Å². The minimum Gasteiger partial charge on any atom is -0.229 e. The van der Waals surface area contributed by atoms with Gasteiger partial charge in [0.2, 0.25) is 0 Å². The molecule has 0 aromatic rings. The van der Waals surface area contributed by atoms with Crippen LogP contribution in [0.2, 0.25) is 0 Å². The molecule has 0 aromatic carbocycles. The smallest absolute Gasteiger partial charge is 0.108 e. The van der Waals surface area contributed by atoms with Crippen molar-refractivity contribution in [2.75, 3.05) is 0 Å². The van der Waals surface area contributed by atoms with Crippen LogP contribution >= 0.6 is 0 Å². The number of hydrogen-bond donors (Lipinski definition) is 0. The molecule has 0 N–H and O–H groups in total. The van der Waals surface area contributed by atoms with E-state index in [0.29, 0.717) is 5.92 Å². The summed E-state index contributed by atoms with van der Waals surface area (Å²) < 4.78 is 0. The van der Waals surface area contributed by atoms with E-state index >= 15 is 0 Å². The molecule has 0 amide bonds. The maximum Gasteiger partial charge on any atom is 0.108 e. The van der Waals surface area contributed by atoms with Crippen LogP contribution in [0.3, 0.4) is 0 Å². The molecule has 1 radical (unpaired) electrons. The molecule has 47 valence electrons. The monoisotopic (exact) mass is 113 g/mol. The molecule has 0 heterocycles. The highest BCUT2D eigenvalue weighted by Gasteiger charge is 1.88. The number of hydrogen-bond acceptors (Lipinski definition) is 0. The maximum absolute atomic E-state index is 10.3. The summed E-state index contributed by atoms with van der Waals surface area (Å²) in [6.45, 7) is 5.75. The van der Waals surface area contributed by atoms with Gasteiger partial charge in [0.15, 0.2) is 0 Å². The SMILES string of the molecule is CC(C)C=CC(C)[O]. The lowest BCUT2D eigenvalue weighted by atomic mass is 10.2. The molecule has 1 nitrogen and oxygen atoms in total. The van der Waals surface area contributed by atoms with E-state index < -0.39 is 6.10 Å². The van der Waals surface area contributed by atoms with Crippen LogP contribution in [-0.2, 0) is 5.11 Å². The minimum atomic E-state index is -0.544. The van der Waals surface area contributed by atoms with E-state index in [1.54, 1.807) is 13.0 Å². The lowest BCUT2D eigenvalue weighted by Gasteiger charge is -1.93. The molecule has 8 heavy (non-hydrogen) atoms. The van der Waals surface area contributed by atoms with Gasteiger partial charge in [-0.1, -0.05) is 26.0 Å². The lowest BCUT2D eigenvalue weighted by molar-refractivity contribution is 0.146. The van der Waals surface area contributed by atoms with Crippen molar-refractivity contribution in [1.29, 1.82) is 0 Å². The Kier molecular flexibility index (Phi) is 3.53. The molecule has 0 rings (SSSR count). The summed E-state index contributed by atoms with van der Waals surface area (Å²) in [5.74, 6) is 0.506. The van der Waals surface area contributed by atoms with E-state index in [9.17, 15) is 5.11 Å². The van der Waals surface area contributed by atoms with Gasteiger partial charge in [-0.3, -0.25) is 0 Å². The predicted molar refractivity (Wildman–Crippen MR) is 34.1 cm³/mol. The fraction of sp³-hybridized carbons (Fsp3) is 0.714. The van der Waals surface area contributed by atoms with Crippen molar-refractivity contribution in [1.82, 2.24) is 0 Å². The van der Waals surface area contributed by atoms with Gasteiger partial charge in [-0.2, -0.15) is 0 Å². The van der Waals surface area contributed by atoms with Crippen molar-refractivity contribution in [2.45, 2.75) is 26.9 Å². The first kappa shape index (κ1) is 7.70. The molecule has 0 aliphatic heterocycles. The maximum atomic E-state index is 10.3. The zero-order valence-corrected chi connectivity index (χ0v) is 5.72. The van der Waals surface area contributed by atoms with Gasteiger partial charge in [-0.15, -0.1) is 0 Å². The normalized spacial score (nSPS) is 15.6. The highest BCUT2D eigenvalue weighted by Crippen LogP contribution is 1.94. The number of allylic oxidation sites excluding steroid dienone is 1. The summed E-state index contributed by atoms with van der Waals surface area (Å²) in [5, 5.41) is 10.3. The van der Waals surface area contributed by atoms with Crippen LogP contribution in [0, 0.1) is 5.92 Å². The van der Waals surface area contributed by atoms with Crippen LogP contribution in [0.15, 0.2) is 12.2 Å². The quantitative estimate of drug-likeness (QED) is 0.488. The van der Waals surface area contributed by atoms with Crippen molar-refractivity contribution in [3.63, 3.8) is 0 Å². The zero-order valence-electron chi connectivity index (χ0n) is 5.72. The van der Waals surface area contributed by atoms with Gasteiger partial charge in [-0.05, 0) is 12.8 Å². The van der Waals surface area contributed by atoms with E-state index in [4.69, 9.17) is 0 Å². The predicted octanol–water partition coefficient (Wildman–Crippen LogP) is 2.02. The number of rotatable bonds is 2. The molecular weight excluding hydrogens is 100 g/mol. The Bertz CT molecular complexity index is 62.5. The van der Waals surface area contributed by atoms with Crippen LogP contribution < -0.4 is 0 Å². The summed E-state index contributed by atoms with van der Waals surface area (Å²) in [6.07, 6.45) is 3.07. The summed E-state index contributed by atoms with van der Waals surface area (Å²) >= 11 is 0. The zero-order chi connectivity index (χ0) is 6.57. The highest BCUT2D eigenvalue weighted by atomic mass is 16.3. The lowest BCUT2D eigenvalue weighted by Crippen LogP contribution is -1.90. The second-order valence-corrected chi connectivity index (χ2v) is 2.33. The van der Waals surface area contributed by atoms with Crippen molar-refractivity contribution in [2.24, 2.45) is 5.92 Å². The summed E-state index contributed by atoms with van der Waals surface area (Å²) in [4.78, 5) is 0. The van der Waals surface area contributed by atoms with E-state index in [-0.39, 0.29) is 0 Å². The fourth-order valence-electron chi connectivity index (χ4n) is 0.379. The van der Waals surface area contributed by atoms with Crippen molar-refractivity contribution in [3.8, 4) is 0 Å². The van der Waals surface area contributed by atoms with Crippen molar-refractivity contribution < 1.29 is 5.11 Å². The highest BCUT2D eigenvalue weighted by molar-refractivity contribution is 4.87. The first-order chi connectivity index (χ1) is 3.63. The van der Waals surface area contributed by atoms with Crippen LogP contribution in [0.1, 0.15) is 20.8 Å². The van der Waals surface area contributed by atoms with Gasteiger partial charge < -0.3 is 0 Å². The molecule has 0 fully saturated rings. The Labute approximate surface area is 51.0 Å². The molecule has 1 atom stereocenters. The van der Waals surface area contributed by atoms with Gasteiger partial charge in [0.05, 0.1) is 0 Å². The Balaban J connectivity index is 3.34. The van der Waals surface area contributed by atoms with Gasteiger partial charge >= 0.3 is 0 Å². The molecule has 0 aromatic heterocycles.